The zero-order valence-electron chi connectivity index (χ0n) is 14.9. The first-order valence-electron chi connectivity index (χ1n) is 8.57. The summed E-state index contributed by atoms with van der Waals surface area (Å²) in [6.45, 7) is 4.89. The summed E-state index contributed by atoms with van der Waals surface area (Å²) in [6, 6.07) is 5.18. The van der Waals surface area contributed by atoms with E-state index in [1.807, 2.05) is 19.9 Å². The maximum atomic E-state index is 12.9. The van der Waals surface area contributed by atoms with Crippen LogP contribution in [0.5, 0.6) is 0 Å². The average molecular weight is 403 g/mol. The number of hydrogen-bond acceptors (Lipinski definition) is 7. The number of anilines is 1. The summed E-state index contributed by atoms with van der Waals surface area (Å²) in [5.41, 5.74) is 3.10. The van der Waals surface area contributed by atoms with E-state index in [4.69, 9.17) is 0 Å². The van der Waals surface area contributed by atoms with Crippen LogP contribution in [-0.4, -0.2) is 43.2 Å². The highest BCUT2D eigenvalue weighted by molar-refractivity contribution is 7.15. The monoisotopic (exact) mass is 402 g/mol. The molecule has 140 valence electrons. The van der Waals surface area contributed by atoms with Gasteiger partial charge in [-0.15, -0.1) is 0 Å². The second-order valence-electron chi connectivity index (χ2n) is 6.59. The SMILES string of the molecule is CC(C)NC(=O)Nc1nc2c(s1)CN(C(=O)c1ccc3nsnc3c1)CC2. The van der Waals surface area contributed by atoms with Gasteiger partial charge in [0, 0.05) is 29.4 Å². The van der Waals surface area contributed by atoms with Gasteiger partial charge in [-0.2, -0.15) is 8.75 Å². The molecule has 8 nitrogen and oxygen atoms in total. The Morgan fingerprint density at radius 2 is 2.04 bits per heavy atom. The number of nitrogens with one attached hydrogen (secondary N) is 2. The molecule has 0 fully saturated rings. The first-order chi connectivity index (χ1) is 13.0. The Hall–Kier alpha value is -2.59. The van der Waals surface area contributed by atoms with E-state index in [1.165, 1.54) is 11.3 Å². The highest BCUT2D eigenvalue weighted by Crippen LogP contribution is 2.29. The topological polar surface area (TPSA) is 100 Å². The number of nitrogens with zero attached hydrogens (tertiary/aromatic N) is 4. The lowest BCUT2D eigenvalue weighted by Gasteiger charge is -2.26. The Morgan fingerprint density at radius 1 is 1.22 bits per heavy atom. The molecule has 1 aromatic carbocycles. The minimum atomic E-state index is -0.269. The molecule has 10 heteroatoms. The summed E-state index contributed by atoms with van der Waals surface area (Å²) >= 11 is 2.55. The lowest BCUT2D eigenvalue weighted by molar-refractivity contribution is 0.0736. The van der Waals surface area contributed by atoms with Crippen molar-refractivity contribution in [2.24, 2.45) is 0 Å². The minimum Gasteiger partial charge on any atom is -0.336 e. The van der Waals surface area contributed by atoms with Gasteiger partial charge in [-0.05, 0) is 32.0 Å². The number of thiazole rings is 1. The van der Waals surface area contributed by atoms with Gasteiger partial charge in [-0.3, -0.25) is 10.1 Å². The Bertz CT molecular complexity index is 1010. The van der Waals surface area contributed by atoms with Crippen LogP contribution in [0.25, 0.3) is 11.0 Å². The van der Waals surface area contributed by atoms with Crippen LogP contribution in [0.3, 0.4) is 0 Å². The lowest BCUT2D eigenvalue weighted by atomic mass is 10.1. The fourth-order valence-electron chi connectivity index (χ4n) is 2.92. The van der Waals surface area contributed by atoms with E-state index >= 15 is 0 Å². The van der Waals surface area contributed by atoms with Crippen molar-refractivity contribution in [1.82, 2.24) is 23.9 Å². The van der Waals surface area contributed by atoms with Crippen LogP contribution in [-0.2, 0) is 13.0 Å². The number of fused-ring (bicyclic) bond motifs is 2. The van der Waals surface area contributed by atoms with E-state index in [1.54, 1.807) is 17.0 Å². The van der Waals surface area contributed by atoms with Crippen molar-refractivity contribution >= 4 is 51.2 Å². The van der Waals surface area contributed by atoms with E-state index in [-0.39, 0.29) is 18.0 Å². The molecule has 3 aromatic rings. The quantitative estimate of drug-likeness (QED) is 0.702. The fourth-order valence-corrected chi connectivity index (χ4v) is 4.45. The minimum absolute atomic E-state index is 0.0315. The molecular formula is C17H18N6O2S2. The van der Waals surface area contributed by atoms with Crippen molar-refractivity contribution in [3.8, 4) is 0 Å². The van der Waals surface area contributed by atoms with Crippen LogP contribution < -0.4 is 10.6 Å². The van der Waals surface area contributed by atoms with E-state index < -0.39 is 0 Å². The van der Waals surface area contributed by atoms with Crippen LogP contribution in [0.15, 0.2) is 18.2 Å². The molecule has 0 aliphatic carbocycles. The van der Waals surface area contributed by atoms with Gasteiger partial charge in [0.1, 0.15) is 11.0 Å². The van der Waals surface area contributed by atoms with Crippen molar-refractivity contribution in [2.75, 3.05) is 11.9 Å². The van der Waals surface area contributed by atoms with Crippen LogP contribution in [0.2, 0.25) is 0 Å². The van der Waals surface area contributed by atoms with Crippen molar-refractivity contribution in [3.63, 3.8) is 0 Å². The molecule has 0 radical (unpaired) electrons. The smallest absolute Gasteiger partial charge is 0.321 e. The molecule has 1 aliphatic heterocycles. The Labute approximate surface area is 163 Å². The third-order valence-electron chi connectivity index (χ3n) is 4.16. The van der Waals surface area contributed by atoms with Gasteiger partial charge < -0.3 is 10.2 Å². The zero-order chi connectivity index (χ0) is 19.0. The molecule has 3 amide bonds. The van der Waals surface area contributed by atoms with Gasteiger partial charge in [0.25, 0.3) is 5.91 Å². The number of carbonyl (C=O) groups excluding carboxylic acids is 2. The van der Waals surface area contributed by atoms with Crippen LogP contribution in [0.4, 0.5) is 9.93 Å². The summed E-state index contributed by atoms with van der Waals surface area (Å²) in [7, 11) is 0. The molecule has 27 heavy (non-hydrogen) atoms. The molecule has 0 atom stereocenters. The number of amides is 3. The van der Waals surface area contributed by atoms with Crippen molar-refractivity contribution in [2.45, 2.75) is 32.9 Å². The van der Waals surface area contributed by atoms with E-state index in [0.29, 0.717) is 30.2 Å². The summed E-state index contributed by atoms with van der Waals surface area (Å²) in [5.74, 6) is -0.0315. The summed E-state index contributed by atoms with van der Waals surface area (Å²) < 4.78 is 8.36. The van der Waals surface area contributed by atoms with Crippen molar-refractivity contribution in [3.05, 3.63) is 34.3 Å². The van der Waals surface area contributed by atoms with E-state index in [2.05, 4.69) is 24.4 Å². The highest BCUT2D eigenvalue weighted by Gasteiger charge is 2.25. The van der Waals surface area contributed by atoms with Crippen molar-refractivity contribution < 1.29 is 9.59 Å². The standard InChI is InChI=1S/C17H18N6O2S2/c1-9(2)18-16(25)20-17-19-12-5-6-23(8-14(12)26-17)15(24)10-3-4-11-13(7-10)22-27-21-11/h3-4,7,9H,5-6,8H2,1-2H3,(H2,18,19,20,25). The summed E-state index contributed by atoms with van der Waals surface area (Å²) in [6.07, 6.45) is 0.672. The van der Waals surface area contributed by atoms with Gasteiger partial charge in [-0.1, -0.05) is 11.3 Å². The molecule has 0 saturated carbocycles. The fraction of sp³-hybridized carbons (Fsp3) is 0.353. The number of urea groups is 1. The third-order valence-corrected chi connectivity index (χ3v) is 5.71. The Balaban J connectivity index is 1.47. The molecule has 3 heterocycles. The normalized spacial score (nSPS) is 13.7. The van der Waals surface area contributed by atoms with E-state index in [0.717, 1.165) is 33.3 Å². The van der Waals surface area contributed by atoms with Gasteiger partial charge in [0.2, 0.25) is 0 Å². The highest BCUT2D eigenvalue weighted by atomic mass is 32.1. The third kappa shape index (κ3) is 3.76. The summed E-state index contributed by atoms with van der Waals surface area (Å²) in [5, 5.41) is 6.10. The first-order valence-corrected chi connectivity index (χ1v) is 10.1. The number of benzene rings is 1. The number of hydrogen-bond donors (Lipinski definition) is 2. The summed E-state index contributed by atoms with van der Waals surface area (Å²) in [4.78, 5) is 32.0. The molecule has 2 aromatic heterocycles. The molecular weight excluding hydrogens is 384 g/mol. The Morgan fingerprint density at radius 3 is 2.85 bits per heavy atom. The molecule has 1 aliphatic rings. The van der Waals surface area contributed by atoms with Crippen molar-refractivity contribution in [1.29, 1.82) is 0 Å². The molecule has 0 unspecified atom stereocenters. The van der Waals surface area contributed by atoms with Gasteiger partial charge >= 0.3 is 6.03 Å². The number of carbonyl (C=O) groups is 2. The maximum Gasteiger partial charge on any atom is 0.321 e. The Kier molecular flexibility index (Phi) is 4.75. The van der Waals surface area contributed by atoms with Crippen LogP contribution in [0, 0.1) is 0 Å². The molecule has 0 bridgehead atoms. The predicted molar refractivity (Wildman–Crippen MR) is 105 cm³/mol. The number of rotatable bonds is 3. The second kappa shape index (κ2) is 7.20. The predicted octanol–water partition coefficient (Wildman–Crippen LogP) is 2.88. The molecule has 0 saturated heterocycles. The first kappa shape index (κ1) is 17.8. The van der Waals surface area contributed by atoms with Crippen LogP contribution >= 0.6 is 23.1 Å². The molecule has 0 spiro atoms. The van der Waals surface area contributed by atoms with Gasteiger partial charge in [0.05, 0.1) is 24.0 Å². The van der Waals surface area contributed by atoms with E-state index in [9.17, 15) is 9.59 Å². The van der Waals surface area contributed by atoms with Gasteiger partial charge in [-0.25, -0.2) is 9.78 Å². The van der Waals surface area contributed by atoms with Crippen LogP contribution in [0.1, 0.15) is 34.8 Å². The second-order valence-corrected chi connectivity index (χ2v) is 8.20. The lowest BCUT2D eigenvalue weighted by Crippen LogP contribution is -2.35. The largest absolute Gasteiger partial charge is 0.336 e. The maximum absolute atomic E-state index is 12.9. The molecule has 2 N–H and O–H groups in total. The average Bonchev–Trinajstić information content (AvgIpc) is 3.24. The number of aromatic nitrogens is 3. The van der Waals surface area contributed by atoms with Gasteiger partial charge in [0.15, 0.2) is 5.13 Å². The molecule has 4 rings (SSSR count). The zero-order valence-corrected chi connectivity index (χ0v) is 16.5.